The van der Waals surface area contributed by atoms with Gasteiger partial charge >= 0.3 is 11.9 Å². The van der Waals surface area contributed by atoms with E-state index in [0.29, 0.717) is 30.6 Å². The number of aryl methyl sites for hydroxylation is 6. The number of fused-ring (bicyclic) bond motifs is 2. The van der Waals surface area contributed by atoms with Crippen LogP contribution < -0.4 is 4.18 Å². The maximum Gasteiger partial charge on any atom is 0.354 e. The summed E-state index contributed by atoms with van der Waals surface area (Å²) in [4.78, 5) is 30.8. The fourth-order valence-corrected chi connectivity index (χ4v) is 13.1. The van der Waals surface area contributed by atoms with E-state index in [0.717, 1.165) is 88.7 Å². The second-order valence-electron chi connectivity index (χ2n) is 18.7. The second-order valence-corrected chi connectivity index (χ2v) is 22.2. The van der Waals surface area contributed by atoms with Gasteiger partial charge in [-0.1, -0.05) is 73.7 Å². The number of ether oxygens (including phenoxy) is 2. The molecular formula is C57H62FN5O5S. The third-order valence-corrected chi connectivity index (χ3v) is 17.2. The predicted octanol–water partition coefficient (Wildman–Crippen LogP) is 13.0. The number of hydrogen-bond donors (Lipinski definition) is 1. The largest absolute Gasteiger partial charge is 0.469 e. The molecule has 0 aliphatic heterocycles. The van der Waals surface area contributed by atoms with Crippen molar-refractivity contribution < 1.29 is 27.6 Å². The van der Waals surface area contributed by atoms with Gasteiger partial charge in [0.05, 0.1) is 43.4 Å². The first kappa shape index (κ1) is 48.5. The lowest BCUT2D eigenvalue weighted by atomic mass is 9.96. The number of hydrogen-bond acceptors (Lipinski definition) is 7. The van der Waals surface area contributed by atoms with E-state index >= 15 is 0 Å². The number of nitrogens with zero attached hydrogens (tertiary/aromatic N) is 4. The van der Waals surface area contributed by atoms with E-state index in [1.807, 2.05) is 60.6 Å². The molecule has 0 amide bonds. The zero-order valence-corrected chi connectivity index (χ0v) is 42.1. The summed E-state index contributed by atoms with van der Waals surface area (Å²) in [7, 11) is 2.56. The smallest absolute Gasteiger partial charge is 0.354 e. The van der Waals surface area contributed by atoms with Crippen LogP contribution in [0.1, 0.15) is 89.9 Å². The van der Waals surface area contributed by atoms with E-state index in [-0.39, 0.29) is 28.9 Å². The molecule has 69 heavy (non-hydrogen) atoms. The van der Waals surface area contributed by atoms with E-state index in [1.54, 1.807) is 6.07 Å². The number of nitrogens with one attached hydrogen (secondary N) is 1. The van der Waals surface area contributed by atoms with Gasteiger partial charge in [-0.05, 0) is 153 Å². The van der Waals surface area contributed by atoms with Gasteiger partial charge in [-0.25, -0.2) is 9.18 Å². The molecule has 0 aliphatic carbocycles. The summed E-state index contributed by atoms with van der Waals surface area (Å²) in [6.45, 7) is 15.5. The summed E-state index contributed by atoms with van der Waals surface area (Å²) in [5.74, 6) is -0.397. The van der Waals surface area contributed by atoms with E-state index in [9.17, 15) is 14.0 Å². The van der Waals surface area contributed by atoms with Crippen molar-refractivity contribution in [2.24, 2.45) is 7.05 Å². The number of aromatic amines is 1. The molecule has 3 heterocycles. The first-order valence-corrected chi connectivity index (χ1v) is 25.0. The first-order chi connectivity index (χ1) is 33.0. The maximum atomic E-state index is 14.9. The van der Waals surface area contributed by atoms with Gasteiger partial charge in [-0.2, -0.15) is 10.2 Å². The Morgan fingerprint density at radius 1 is 0.826 bits per heavy atom. The van der Waals surface area contributed by atoms with Crippen molar-refractivity contribution in [3.63, 3.8) is 0 Å². The third-order valence-electron chi connectivity index (χ3n) is 13.1. The summed E-state index contributed by atoms with van der Waals surface area (Å²) >= 11 is 0. The summed E-state index contributed by atoms with van der Waals surface area (Å²) < 4.78 is 36.2. The molecule has 12 heteroatoms. The normalized spacial score (nSPS) is 12.8. The number of carbonyl (C=O) groups excluding carboxylic acids is 2. The van der Waals surface area contributed by atoms with Crippen LogP contribution >= 0.6 is 10.3 Å². The SMILES string of the molecule is COC(=O)CCc1c(C(=O)OC)[nH]c2c(-c3c(C)c(C)nn3C/C=C\C(C)c3cc(CCc4cc(OS(c5ccccc5)(c5ccccc5)C(C)(C)C)c5ccc(F)cc5c4)n(C)n3)c(C)ccc12. The lowest BCUT2D eigenvalue weighted by Crippen LogP contribution is -2.30. The van der Waals surface area contributed by atoms with Gasteiger partial charge in [-0.15, -0.1) is 0 Å². The number of rotatable bonds is 16. The molecule has 0 aliphatic rings. The zero-order chi connectivity index (χ0) is 49.2. The highest BCUT2D eigenvalue weighted by molar-refractivity contribution is 8.31. The van der Waals surface area contributed by atoms with E-state index in [2.05, 4.69) is 118 Å². The molecule has 1 N–H and O–H groups in total. The fraction of sp³-hybridized carbons (Fsp3) is 0.298. The molecule has 3 aromatic heterocycles. The summed E-state index contributed by atoms with van der Waals surface area (Å²) in [5.41, 5.74) is 9.74. The molecule has 0 saturated heterocycles. The standard InChI is InChI=1S/C57H62FN5O5S/c1-36(18-17-31-63-55(38(3)39(4)60-63)52-37(2)23-27-47-48(29-30-51(64)66-9)54(56(65)67-10)59-53(47)52)49-35-43(62(8)61-49)26-24-40-32-41-34-42(58)25-28-46(41)50(33-40)68-69(57(5,6)7,44-19-13-11-14-20-44)45-21-15-12-16-22-45/h11-23,25,27-28,32-36,59H,24,26,29-31H2,1-10H3/b18-17-. The molecule has 10 nitrogen and oxygen atoms in total. The van der Waals surface area contributed by atoms with Crippen LogP contribution in [0.2, 0.25) is 0 Å². The number of methoxy groups -OCH3 is 2. The fourth-order valence-electron chi connectivity index (χ4n) is 9.44. The number of allylic oxidation sites excluding steroid dienone is 2. The minimum absolute atomic E-state index is 0.00725. The Morgan fingerprint density at radius 3 is 2.16 bits per heavy atom. The van der Waals surface area contributed by atoms with Crippen LogP contribution in [0.25, 0.3) is 32.9 Å². The van der Waals surface area contributed by atoms with Gasteiger partial charge < -0.3 is 18.6 Å². The Morgan fingerprint density at radius 2 is 1.51 bits per heavy atom. The predicted molar refractivity (Wildman–Crippen MR) is 275 cm³/mol. The number of carbonyl (C=O) groups is 2. The van der Waals surface area contributed by atoms with Crippen molar-refractivity contribution >= 4 is 43.9 Å². The molecule has 0 fully saturated rings. The molecule has 1 unspecified atom stereocenters. The topological polar surface area (TPSA) is 113 Å². The average molecular weight is 948 g/mol. The van der Waals surface area contributed by atoms with Crippen molar-refractivity contribution in [3.05, 3.63) is 172 Å². The lowest BCUT2D eigenvalue weighted by molar-refractivity contribution is -0.140. The molecule has 1 atom stereocenters. The molecular weight excluding hydrogens is 886 g/mol. The van der Waals surface area contributed by atoms with Gasteiger partial charge in [-0.3, -0.25) is 14.2 Å². The lowest BCUT2D eigenvalue weighted by Gasteiger charge is -2.50. The molecule has 0 saturated carbocycles. The Balaban J connectivity index is 1.05. The third kappa shape index (κ3) is 9.59. The highest BCUT2D eigenvalue weighted by Crippen LogP contribution is 2.71. The van der Waals surface area contributed by atoms with E-state index in [4.69, 9.17) is 23.9 Å². The maximum absolute atomic E-state index is 14.9. The van der Waals surface area contributed by atoms with Crippen LogP contribution in [-0.2, 0) is 47.1 Å². The quantitative estimate of drug-likeness (QED) is 0.0758. The van der Waals surface area contributed by atoms with Crippen LogP contribution in [0.15, 0.2) is 131 Å². The Hall–Kier alpha value is -6.92. The highest BCUT2D eigenvalue weighted by atomic mass is 32.3. The van der Waals surface area contributed by atoms with Crippen molar-refractivity contribution in [1.29, 1.82) is 0 Å². The summed E-state index contributed by atoms with van der Waals surface area (Å²) in [5, 5.41) is 12.4. The molecule has 0 bridgehead atoms. The van der Waals surface area contributed by atoms with Gasteiger partial charge in [0.1, 0.15) is 17.3 Å². The number of benzene rings is 5. The summed E-state index contributed by atoms with van der Waals surface area (Å²) in [6.07, 6.45) is 6.14. The highest BCUT2D eigenvalue weighted by Gasteiger charge is 2.43. The molecule has 5 aromatic carbocycles. The van der Waals surface area contributed by atoms with Crippen molar-refractivity contribution in [2.45, 2.75) is 101 Å². The monoisotopic (exact) mass is 947 g/mol. The van der Waals surface area contributed by atoms with Gasteiger partial charge in [0.15, 0.2) is 0 Å². The molecule has 8 rings (SSSR count). The van der Waals surface area contributed by atoms with Gasteiger partial charge in [0, 0.05) is 56.0 Å². The Bertz CT molecular complexity index is 3160. The average Bonchev–Trinajstić information content (AvgIpc) is 3.99. The minimum atomic E-state index is -2.14. The van der Waals surface area contributed by atoms with Crippen LogP contribution in [0.4, 0.5) is 4.39 Å². The van der Waals surface area contributed by atoms with Gasteiger partial charge in [0.25, 0.3) is 0 Å². The Kier molecular flexibility index (Phi) is 14.0. The second kappa shape index (κ2) is 20.0. The zero-order valence-electron chi connectivity index (χ0n) is 41.3. The van der Waals surface area contributed by atoms with Crippen molar-refractivity contribution in [3.8, 4) is 17.0 Å². The van der Waals surface area contributed by atoms with Crippen molar-refractivity contribution in [2.75, 3.05) is 14.2 Å². The number of H-pyrrole nitrogens is 1. The van der Waals surface area contributed by atoms with Crippen LogP contribution in [0.5, 0.6) is 5.75 Å². The number of esters is 2. The Labute approximate surface area is 406 Å². The first-order valence-electron chi connectivity index (χ1n) is 23.4. The molecule has 358 valence electrons. The van der Waals surface area contributed by atoms with Crippen molar-refractivity contribution in [1.82, 2.24) is 24.5 Å². The van der Waals surface area contributed by atoms with E-state index in [1.165, 1.54) is 20.3 Å². The minimum Gasteiger partial charge on any atom is -0.469 e. The molecule has 8 aromatic rings. The number of aromatic nitrogens is 5. The van der Waals surface area contributed by atoms with Gasteiger partial charge in [0.2, 0.25) is 0 Å². The molecule has 0 radical (unpaired) electrons. The summed E-state index contributed by atoms with van der Waals surface area (Å²) in [6, 6.07) is 36.4. The van der Waals surface area contributed by atoms with E-state index < -0.39 is 16.3 Å². The number of halogens is 1. The van der Waals surface area contributed by atoms with Crippen LogP contribution in [0.3, 0.4) is 0 Å². The van der Waals surface area contributed by atoms with Crippen LogP contribution in [0, 0.1) is 26.6 Å². The molecule has 0 spiro atoms. The van der Waals surface area contributed by atoms with Crippen LogP contribution in [-0.4, -0.2) is 55.5 Å².